The van der Waals surface area contributed by atoms with E-state index in [0.29, 0.717) is 0 Å². The second-order valence-corrected chi connectivity index (χ2v) is 7.44. The van der Waals surface area contributed by atoms with Crippen LogP contribution in [-0.2, 0) is 15.7 Å². The molecule has 0 aliphatic heterocycles. The van der Waals surface area contributed by atoms with Gasteiger partial charge in [-0.15, -0.1) is 0 Å². The highest BCUT2D eigenvalue weighted by Crippen LogP contribution is 2.40. The Bertz CT molecular complexity index is 770. The number of halogens is 8. The van der Waals surface area contributed by atoms with Crippen LogP contribution in [0.4, 0.5) is 28.0 Å². The number of benzene rings is 1. The SMILES string of the molecule is CC.COC(=O)c1cc(C(F)(F)F)c(Br)c(F)c1NC(=O)NC(=O)C(Cl)(Cl)Cl. The van der Waals surface area contributed by atoms with Crippen molar-refractivity contribution >= 4 is 74.3 Å². The lowest BCUT2D eigenvalue weighted by molar-refractivity contribution is -0.138. The van der Waals surface area contributed by atoms with Gasteiger partial charge < -0.3 is 10.1 Å². The minimum Gasteiger partial charge on any atom is -0.465 e. The number of nitrogens with one attached hydrogen (secondary N) is 2. The molecule has 0 bridgehead atoms. The van der Waals surface area contributed by atoms with E-state index in [1.165, 1.54) is 5.32 Å². The van der Waals surface area contributed by atoms with Crippen LogP contribution < -0.4 is 10.6 Å². The number of rotatable bonds is 2. The zero-order valence-electron chi connectivity index (χ0n) is 14.2. The number of ether oxygens (including phenoxy) is 1. The normalized spacial score (nSPS) is 11.1. The monoisotopic (exact) mass is 532 g/mol. The van der Waals surface area contributed by atoms with Crippen molar-refractivity contribution in [3.63, 3.8) is 0 Å². The Labute approximate surface area is 179 Å². The predicted octanol–water partition coefficient (Wildman–Crippen LogP) is 5.44. The average molecular weight is 535 g/mol. The van der Waals surface area contributed by atoms with Crippen LogP contribution in [0.3, 0.4) is 0 Å². The molecule has 0 aliphatic carbocycles. The van der Waals surface area contributed by atoms with Gasteiger partial charge in [-0.1, -0.05) is 48.7 Å². The van der Waals surface area contributed by atoms with E-state index < -0.39 is 55.0 Å². The Balaban J connectivity index is 0.00000352. The van der Waals surface area contributed by atoms with E-state index in [0.717, 1.165) is 7.11 Å². The molecule has 0 heterocycles. The maximum Gasteiger partial charge on any atom is 0.417 e. The second kappa shape index (κ2) is 10.5. The molecule has 14 heteroatoms. The van der Waals surface area contributed by atoms with Gasteiger partial charge >= 0.3 is 18.2 Å². The summed E-state index contributed by atoms with van der Waals surface area (Å²) in [4.78, 5) is 34.7. The summed E-state index contributed by atoms with van der Waals surface area (Å²) in [5.74, 6) is -4.45. The lowest BCUT2D eigenvalue weighted by Gasteiger charge is -2.17. The summed E-state index contributed by atoms with van der Waals surface area (Å²) in [7, 11) is 0.825. The van der Waals surface area contributed by atoms with Crippen molar-refractivity contribution in [2.75, 3.05) is 12.4 Å². The third-order valence-corrected chi connectivity index (χ3v) is 3.93. The molecule has 3 amide bonds. The highest BCUT2D eigenvalue weighted by atomic mass is 79.9. The highest BCUT2D eigenvalue weighted by molar-refractivity contribution is 9.10. The molecule has 2 N–H and O–H groups in total. The number of amides is 3. The molecular formula is C14H12BrCl3F4N2O4. The number of esters is 1. The maximum absolute atomic E-state index is 14.3. The zero-order chi connectivity index (χ0) is 22.4. The van der Waals surface area contributed by atoms with Crippen molar-refractivity contribution < 1.29 is 36.7 Å². The van der Waals surface area contributed by atoms with E-state index in [1.807, 2.05) is 13.8 Å². The van der Waals surface area contributed by atoms with E-state index >= 15 is 0 Å². The van der Waals surface area contributed by atoms with Crippen LogP contribution in [0.5, 0.6) is 0 Å². The van der Waals surface area contributed by atoms with Gasteiger partial charge in [-0.25, -0.2) is 14.0 Å². The van der Waals surface area contributed by atoms with Crippen LogP contribution in [-0.4, -0.2) is 28.8 Å². The fourth-order valence-corrected chi connectivity index (χ4v) is 2.22. The van der Waals surface area contributed by atoms with E-state index in [1.54, 1.807) is 5.32 Å². The van der Waals surface area contributed by atoms with Gasteiger partial charge in [0.05, 0.1) is 28.4 Å². The van der Waals surface area contributed by atoms with Gasteiger partial charge in [0, 0.05) is 0 Å². The van der Waals surface area contributed by atoms with E-state index in [4.69, 9.17) is 34.8 Å². The molecule has 0 saturated carbocycles. The van der Waals surface area contributed by atoms with E-state index in [-0.39, 0.29) is 6.07 Å². The Morgan fingerprint density at radius 1 is 1.14 bits per heavy atom. The molecule has 0 saturated heterocycles. The minimum atomic E-state index is -5.02. The summed E-state index contributed by atoms with van der Waals surface area (Å²) in [5, 5.41) is 3.20. The standard InChI is InChI=1S/C12H6BrCl3F4N2O4.C2H6/c1-26-8(23)3-2-4(12(18,19)20)5(13)6(17)7(3)21-10(25)22-9(24)11(14,15)16;1-2/h2H,1H3,(H2,21,22,24,25);1-2H3. The zero-order valence-corrected chi connectivity index (χ0v) is 18.1. The lowest BCUT2D eigenvalue weighted by atomic mass is 10.1. The number of hydrogen-bond donors (Lipinski definition) is 2. The number of anilines is 1. The van der Waals surface area contributed by atoms with Crippen LogP contribution in [0, 0.1) is 5.82 Å². The molecule has 1 aromatic rings. The number of urea groups is 1. The van der Waals surface area contributed by atoms with Gasteiger partial charge in [-0.2, -0.15) is 13.2 Å². The molecule has 0 unspecified atom stereocenters. The first-order valence-corrected chi connectivity index (χ1v) is 8.99. The summed E-state index contributed by atoms with van der Waals surface area (Å²) in [6.45, 7) is 4.00. The summed E-state index contributed by atoms with van der Waals surface area (Å²) in [6.07, 6.45) is -5.02. The topological polar surface area (TPSA) is 84.5 Å². The van der Waals surface area contributed by atoms with E-state index in [9.17, 15) is 31.9 Å². The minimum absolute atomic E-state index is 0.255. The molecule has 0 atom stereocenters. The van der Waals surface area contributed by atoms with Crippen LogP contribution >= 0.6 is 50.7 Å². The number of methoxy groups -OCH3 is 1. The summed E-state index contributed by atoms with van der Waals surface area (Å²) in [6, 6.07) is -1.22. The first-order valence-electron chi connectivity index (χ1n) is 7.06. The van der Waals surface area contributed by atoms with Crippen LogP contribution in [0.2, 0.25) is 0 Å². The van der Waals surface area contributed by atoms with Crippen molar-refractivity contribution in [1.82, 2.24) is 5.32 Å². The third kappa shape index (κ3) is 6.94. The first-order chi connectivity index (χ1) is 12.7. The van der Waals surface area contributed by atoms with Gasteiger partial charge in [-0.3, -0.25) is 10.1 Å². The van der Waals surface area contributed by atoms with Crippen LogP contribution in [0.1, 0.15) is 29.8 Å². The van der Waals surface area contributed by atoms with Gasteiger partial charge in [0.1, 0.15) is 0 Å². The Morgan fingerprint density at radius 3 is 2.04 bits per heavy atom. The van der Waals surface area contributed by atoms with Gasteiger partial charge in [0.15, 0.2) is 5.82 Å². The smallest absolute Gasteiger partial charge is 0.417 e. The van der Waals surface area contributed by atoms with Crippen LogP contribution in [0.25, 0.3) is 0 Å². The number of carbonyl (C=O) groups excluding carboxylic acids is 3. The van der Waals surface area contributed by atoms with Crippen molar-refractivity contribution in [1.29, 1.82) is 0 Å². The third-order valence-electron chi connectivity index (χ3n) is 2.64. The number of alkyl halides is 6. The highest BCUT2D eigenvalue weighted by Gasteiger charge is 2.38. The van der Waals surface area contributed by atoms with Crippen molar-refractivity contribution in [3.8, 4) is 0 Å². The largest absolute Gasteiger partial charge is 0.465 e. The molecule has 6 nitrogen and oxygen atoms in total. The summed E-state index contributed by atoms with van der Waals surface area (Å²) in [5.41, 5.74) is -3.48. The Kier molecular flexibility index (Phi) is 9.98. The molecule has 0 aromatic heterocycles. The number of carbonyl (C=O) groups is 3. The number of imide groups is 1. The molecule has 0 fully saturated rings. The molecular weight excluding hydrogens is 522 g/mol. The molecule has 0 spiro atoms. The fourth-order valence-electron chi connectivity index (χ4n) is 1.54. The number of hydrogen-bond acceptors (Lipinski definition) is 4. The Morgan fingerprint density at radius 2 is 1.64 bits per heavy atom. The fraction of sp³-hybridized carbons (Fsp3) is 0.357. The molecule has 1 rings (SSSR count). The Hall–Kier alpha value is -1.30. The summed E-state index contributed by atoms with van der Waals surface area (Å²) >= 11 is 18.1. The molecule has 1 aromatic carbocycles. The molecule has 158 valence electrons. The molecule has 0 aliphatic rings. The maximum atomic E-state index is 14.3. The van der Waals surface area contributed by atoms with Gasteiger partial charge in [-0.05, 0) is 22.0 Å². The lowest BCUT2D eigenvalue weighted by Crippen LogP contribution is -2.41. The van der Waals surface area contributed by atoms with Crippen molar-refractivity contribution in [2.45, 2.75) is 23.8 Å². The van der Waals surface area contributed by atoms with Crippen molar-refractivity contribution in [2.24, 2.45) is 0 Å². The van der Waals surface area contributed by atoms with Crippen molar-refractivity contribution in [3.05, 3.63) is 27.5 Å². The van der Waals surface area contributed by atoms with Gasteiger partial charge in [0.25, 0.3) is 9.70 Å². The second-order valence-electron chi connectivity index (χ2n) is 4.37. The quantitative estimate of drug-likeness (QED) is 0.301. The van der Waals surface area contributed by atoms with Crippen LogP contribution in [0.15, 0.2) is 10.5 Å². The summed E-state index contributed by atoms with van der Waals surface area (Å²) < 4.78 is 53.8. The average Bonchev–Trinajstić information content (AvgIpc) is 2.58. The molecule has 28 heavy (non-hydrogen) atoms. The first kappa shape index (κ1) is 26.7. The molecule has 0 radical (unpaired) electrons. The predicted molar refractivity (Wildman–Crippen MR) is 99.2 cm³/mol. The van der Waals surface area contributed by atoms with Gasteiger partial charge in [0.2, 0.25) is 0 Å². The van der Waals surface area contributed by atoms with E-state index in [2.05, 4.69) is 20.7 Å².